The fourth-order valence-corrected chi connectivity index (χ4v) is 4.55. The molecule has 5 aromatic rings. The second kappa shape index (κ2) is 6.13. The quantitative estimate of drug-likeness (QED) is 0.265. The third-order valence-corrected chi connectivity index (χ3v) is 5.71. The molecule has 136 valence electrons. The van der Waals surface area contributed by atoms with Gasteiger partial charge in [0, 0.05) is 10.9 Å². The lowest BCUT2D eigenvalue weighted by Gasteiger charge is -2.13. The van der Waals surface area contributed by atoms with Crippen molar-refractivity contribution in [3.05, 3.63) is 83.6 Å². The van der Waals surface area contributed by atoms with Gasteiger partial charge in [-0.15, -0.1) is 0 Å². The summed E-state index contributed by atoms with van der Waals surface area (Å²) in [6.45, 7) is 6.58. The van der Waals surface area contributed by atoms with Crippen molar-refractivity contribution < 1.29 is 4.57 Å². The number of aromatic nitrogens is 2. The van der Waals surface area contributed by atoms with Gasteiger partial charge >= 0.3 is 0 Å². The Bertz CT molecular complexity index is 1380. The highest BCUT2D eigenvalue weighted by molar-refractivity contribution is 6.24. The fraction of sp³-hybridized carbons (Fsp3) is 0.154. The van der Waals surface area contributed by atoms with Crippen LogP contribution < -0.4 is 4.57 Å². The summed E-state index contributed by atoms with van der Waals surface area (Å²) in [5, 5.41) is 5.16. The van der Waals surface area contributed by atoms with Gasteiger partial charge in [-0.05, 0) is 48.7 Å². The van der Waals surface area contributed by atoms with E-state index in [2.05, 4.69) is 93.2 Å². The minimum Gasteiger partial charge on any atom is -0.234 e. The molecule has 0 spiro atoms. The maximum atomic E-state index is 5.19. The molecular formula is C26H23N2+. The van der Waals surface area contributed by atoms with Crippen LogP contribution in [0, 0.1) is 20.8 Å². The molecule has 4 aromatic carbocycles. The van der Waals surface area contributed by atoms with Crippen LogP contribution in [0.5, 0.6) is 0 Å². The van der Waals surface area contributed by atoms with Crippen LogP contribution in [0.3, 0.4) is 0 Å². The molecule has 5 rings (SSSR count). The smallest absolute Gasteiger partial charge is 0.234 e. The maximum Gasteiger partial charge on any atom is 0.239 e. The predicted molar refractivity (Wildman–Crippen MR) is 118 cm³/mol. The summed E-state index contributed by atoms with van der Waals surface area (Å²) in [6, 6.07) is 21.6. The third kappa shape index (κ3) is 2.41. The Morgan fingerprint density at radius 3 is 2.32 bits per heavy atom. The SMILES string of the molecule is Cc1cc(C)c2c(c1)c1nc(-c3ccccc3)c[n+](C)c1c1c(C)cccc21. The van der Waals surface area contributed by atoms with E-state index in [-0.39, 0.29) is 0 Å². The zero-order valence-electron chi connectivity index (χ0n) is 16.7. The molecule has 2 heteroatoms. The molecule has 0 aliphatic rings. The van der Waals surface area contributed by atoms with E-state index in [1.165, 1.54) is 43.8 Å². The minimum absolute atomic E-state index is 1.00. The Kier molecular flexibility index (Phi) is 3.70. The number of hydrogen-bond donors (Lipinski definition) is 0. The van der Waals surface area contributed by atoms with Crippen LogP contribution in [0.2, 0.25) is 0 Å². The van der Waals surface area contributed by atoms with Gasteiger partial charge in [0.2, 0.25) is 5.52 Å². The summed E-state index contributed by atoms with van der Waals surface area (Å²) in [4.78, 5) is 5.19. The van der Waals surface area contributed by atoms with Crippen LogP contribution in [0.25, 0.3) is 43.8 Å². The standard InChI is InChI=1S/C26H23N2/c1-16-13-18(3)23-20-12-8-9-17(2)24(20)26-25(21(23)14-16)27-22(15-28(26)4)19-10-6-5-7-11-19/h5-15H,1-4H3/q+1. The van der Waals surface area contributed by atoms with Gasteiger partial charge in [-0.25, -0.2) is 4.98 Å². The number of fused-ring (bicyclic) bond motifs is 6. The van der Waals surface area contributed by atoms with Crippen molar-refractivity contribution in [3.63, 3.8) is 0 Å². The molecule has 0 radical (unpaired) electrons. The van der Waals surface area contributed by atoms with E-state index in [0.29, 0.717) is 0 Å². The second-order valence-corrected chi connectivity index (χ2v) is 7.80. The van der Waals surface area contributed by atoms with Crippen LogP contribution >= 0.6 is 0 Å². The van der Waals surface area contributed by atoms with E-state index in [1.54, 1.807) is 0 Å². The lowest BCUT2D eigenvalue weighted by molar-refractivity contribution is -0.643. The van der Waals surface area contributed by atoms with E-state index in [4.69, 9.17) is 4.98 Å². The molecule has 1 aromatic heterocycles. The van der Waals surface area contributed by atoms with Gasteiger partial charge in [0.05, 0.1) is 5.39 Å². The van der Waals surface area contributed by atoms with Gasteiger partial charge in [-0.1, -0.05) is 60.2 Å². The van der Waals surface area contributed by atoms with E-state index in [9.17, 15) is 0 Å². The normalized spacial score (nSPS) is 11.6. The summed E-state index contributed by atoms with van der Waals surface area (Å²) in [5.74, 6) is 0. The first kappa shape index (κ1) is 16.9. The maximum absolute atomic E-state index is 5.19. The van der Waals surface area contributed by atoms with Gasteiger partial charge in [-0.3, -0.25) is 0 Å². The average Bonchev–Trinajstić information content (AvgIpc) is 2.68. The monoisotopic (exact) mass is 363 g/mol. The molecule has 0 amide bonds. The molecule has 0 saturated heterocycles. The first-order valence-electron chi connectivity index (χ1n) is 9.72. The first-order chi connectivity index (χ1) is 13.5. The van der Waals surface area contributed by atoms with Crippen LogP contribution in [0.1, 0.15) is 16.7 Å². The highest BCUT2D eigenvalue weighted by atomic mass is 15.0. The van der Waals surface area contributed by atoms with Gasteiger partial charge in [0.25, 0.3) is 0 Å². The van der Waals surface area contributed by atoms with Crippen molar-refractivity contribution >= 4 is 32.6 Å². The molecule has 0 N–H and O–H groups in total. The Balaban J connectivity index is 2.08. The molecule has 0 fully saturated rings. The highest BCUT2D eigenvalue weighted by Crippen LogP contribution is 2.37. The van der Waals surface area contributed by atoms with E-state index < -0.39 is 0 Å². The molecule has 0 aliphatic carbocycles. The number of aryl methyl sites for hydroxylation is 4. The summed E-state index contributed by atoms with van der Waals surface area (Å²) < 4.78 is 2.25. The molecule has 28 heavy (non-hydrogen) atoms. The van der Waals surface area contributed by atoms with Gasteiger partial charge in [0.15, 0.2) is 6.20 Å². The lowest BCUT2D eigenvalue weighted by atomic mass is 9.92. The van der Waals surface area contributed by atoms with Crippen molar-refractivity contribution in [2.24, 2.45) is 7.05 Å². The summed E-state index contributed by atoms with van der Waals surface area (Å²) >= 11 is 0. The van der Waals surface area contributed by atoms with Crippen molar-refractivity contribution in [2.75, 3.05) is 0 Å². The molecule has 0 atom stereocenters. The third-order valence-electron chi connectivity index (χ3n) is 5.71. The molecule has 2 nitrogen and oxygen atoms in total. The minimum atomic E-state index is 1.00. The topological polar surface area (TPSA) is 16.8 Å². The molecule has 0 unspecified atom stereocenters. The Hall–Kier alpha value is -3.26. The van der Waals surface area contributed by atoms with Crippen molar-refractivity contribution in [1.29, 1.82) is 0 Å². The summed E-state index contributed by atoms with van der Waals surface area (Å²) in [5.41, 5.74) is 8.29. The second-order valence-electron chi connectivity index (χ2n) is 7.80. The summed E-state index contributed by atoms with van der Waals surface area (Å²) in [7, 11) is 2.14. The van der Waals surface area contributed by atoms with Gasteiger partial charge in [0.1, 0.15) is 18.3 Å². The molecule has 0 bridgehead atoms. The Morgan fingerprint density at radius 1 is 0.750 bits per heavy atom. The van der Waals surface area contributed by atoms with E-state index in [1.807, 2.05) is 6.07 Å². The molecule has 1 heterocycles. The van der Waals surface area contributed by atoms with Crippen LogP contribution in [-0.4, -0.2) is 4.98 Å². The average molecular weight is 363 g/mol. The fourth-order valence-electron chi connectivity index (χ4n) is 4.55. The molecule has 0 saturated carbocycles. The number of nitrogens with zero attached hydrogens (tertiary/aromatic N) is 2. The molecular weight excluding hydrogens is 340 g/mol. The first-order valence-corrected chi connectivity index (χ1v) is 9.72. The van der Waals surface area contributed by atoms with Crippen LogP contribution in [0.15, 0.2) is 66.9 Å². The van der Waals surface area contributed by atoms with Gasteiger partial charge in [-0.2, -0.15) is 4.57 Å². The van der Waals surface area contributed by atoms with E-state index in [0.717, 1.165) is 16.8 Å². The summed E-state index contributed by atoms with van der Waals surface area (Å²) in [6.07, 6.45) is 2.15. The van der Waals surface area contributed by atoms with Crippen LogP contribution in [0.4, 0.5) is 0 Å². The Morgan fingerprint density at radius 2 is 1.54 bits per heavy atom. The molecule has 0 aliphatic heterocycles. The zero-order chi connectivity index (χ0) is 19.4. The predicted octanol–water partition coefficient (Wildman–Crippen LogP) is 5.96. The van der Waals surface area contributed by atoms with Crippen molar-refractivity contribution in [3.8, 4) is 11.3 Å². The number of hydrogen-bond acceptors (Lipinski definition) is 1. The Labute approximate surface area is 165 Å². The van der Waals surface area contributed by atoms with Crippen LogP contribution in [-0.2, 0) is 7.05 Å². The highest BCUT2D eigenvalue weighted by Gasteiger charge is 2.21. The van der Waals surface area contributed by atoms with Crippen molar-refractivity contribution in [1.82, 2.24) is 4.98 Å². The van der Waals surface area contributed by atoms with E-state index >= 15 is 0 Å². The van der Waals surface area contributed by atoms with Crippen molar-refractivity contribution in [2.45, 2.75) is 20.8 Å². The lowest BCUT2D eigenvalue weighted by Crippen LogP contribution is -2.30. The largest absolute Gasteiger partial charge is 0.239 e. The number of rotatable bonds is 1. The van der Waals surface area contributed by atoms with Gasteiger partial charge < -0.3 is 0 Å². The number of benzene rings is 4. The zero-order valence-corrected chi connectivity index (χ0v) is 16.7.